The number of nitrogens with two attached hydrogens (primary N) is 1. The first-order valence-corrected chi connectivity index (χ1v) is 7.31. The molecule has 1 aromatic rings. The molecular formula is C15H25N3O. The SMILES string of the molecule is CCCOc1nc(N(C)CC2CCCC2)ccc1N. The first-order chi connectivity index (χ1) is 9.20. The molecule has 0 saturated heterocycles. The number of rotatable bonds is 6. The summed E-state index contributed by atoms with van der Waals surface area (Å²) in [5.74, 6) is 2.33. The van der Waals surface area contributed by atoms with Crippen molar-refractivity contribution in [3.63, 3.8) is 0 Å². The van der Waals surface area contributed by atoms with E-state index in [-0.39, 0.29) is 0 Å². The third-order valence-corrected chi connectivity index (χ3v) is 3.72. The average Bonchev–Trinajstić information content (AvgIpc) is 2.90. The Labute approximate surface area is 116 Å². The van der Waals surface area contributed by atoms with Crippen molar-refractivity contribution in [3.8, 4) is 5.88 Å². The van der Waals surface area contributed by atoms with E-state index in [4.69, 9.17) is 10.5 Å². The molecule has 1 aliphatic carbocycles. The normalized spacial score (nSPS) is 15.7. The highest BCUT2D eigenvalue weighted by Gasteiger charge is 2.18. The van der Waals surface area contributed by atoms with Crippen molar-refractivity contribution in [1.29, 1.82) is 0 Å². The number of hydrogen-bond donors (Lipinski definition) is 1. The molecule has 0 bridgehead atoms. The van der Waals surface area contributed by atoms with E-state index in [1.54, 1.807) is 0 Å². The second-order valence-corrected chi connectivity index (χ2v) is 5.44. The molecule has 0 aliphatic heterocycles. The lowest BCUT2D eigenvalue weighted by Crippen LogP contribution is -2.25. The Hall–Kier alpha value is -1.45. The molecule has 1 heterocycles. The molecule has 106 valence electrons. The topological polar surface area (TPSA) is 51.4 Å². The molecule has 1 saturated carbocycles. The van der Waals surface area contributed by atoms with Crippen LogP contribution in [0.4, 0.5) is 11.5 Å². The van der Waals surface area contributed by atoms with Crippen LogP contribution < -0.4 is 15.4 Å². The van der Waals surface area contributed by atoms with E-state index in [2.05, 4.69) is 23.9 Å². The minimum Gasteiger partial charge on any atom is -0.476 e. The Balaban J connectivity index is 2.01. The Bertz CT molecular complexity index is 402. The van der Waals surface area contributed by atoms with E-state index in [0.29, 0.717) is 18.2 Å². The van der Waals surface area contributed by atoms with Crippen molar-refractivity contribution in [3.05, 3.63) is 12.1 Å². The van der Waals surface area contributed by atoms with Crippen molar-refractivity contribution in [1.82, 2.24) is 4.98 Å². The van der Waals surface area contributed by atoms with E-state index in [1.807, 2.05) is 12.1 Å². The standard InChI is InChI=1S/C15H25N3O/c1-3-10-19-15-13(16)8-9-14(17-15)18(2)11-12-6-4-5-7-12/h8-9,12H,3-7,10-11,16H2,1-2H3. The molecular weight excluding hydrogens is 238 g/mol. The highest BCUT2D eigenvalue weighted by atomic mass is 16.5. The minimum absolute atomic E-state index is 0.567. The van der Waals surface area contributed by atoms with E-state index in [1.165, 1.54) is 25.7 Å². The van der Waals surface area contributed by atoms with Crippen LogP contribution in [-0.4, -0.2) is 25.2 Å². The second kappa shape index (κ2) is 6.64. The first-order valence-electron chi connectivity index (χ1n) is 7.31. The van der Waals surface area contributed by atoms with Gasteiger partial charge in [0.25, 0.3) is 0 Å². The fraction of sp³-hybridized carbons (Fsp3) is 0.667. The number of hydrogen-bond acceptors (Lipinski definition) is 4. The summed E-state index contributed by atoms with van der Waals surface area (Å²) in [6.07, 6.45) is 6.40. The Kier molecular flexibility index (Phi) is 4.88. The molecule has 2 N–H and O–H groups in total. The molecule has 4 nitrogen and oxygen atoms in total. The van der Waals surface area contributed by atoms with Crippen molar-refractivity contribution < 1.29 is 4.74 Å². The van der Waals surface area contributed by atoms with Crippen LogP contribution in [0.5, 0.6) is 5.88 Å². The first kappa shape index (κ1) is 14.0. The molecule has 1 aliphatic rings. The van der Waals surface area contributed by atoms with Gasteiger partial charge in [0.1, 0.15) is 5.82 Å². The van der Waals surface area contributed by atoms with Gasteiger partial charge in [-0.25, -0.2) is 0 Å². The minimum atomic E-state index is 0.567. The monoisotopic (exact) mass is 263 g/mol. The van der Waals surface area contributed by atoms with Crippen molar-refractivity contribution in [2.24, 2.45) is 5.92 Å². The Morgan fingerprint density at radius 3 is 2.79 bits per heavy atom. The zero-order valence-corrected chi connectivity index (χ0v) is 12.1. The van der Waals surface area contributed by atoms with Crippen LogP contribution in [0.3, 0.4) is 0 Å². The average molecular weight is 263 g/mol. The van der Waals surface area contributed by atoms with Gasteiger partial charge in [0.05, 0.1) is 12.3 Å². The molecule has 0 radical (unpaired) electrons. The van der Waals surface area contributed by atoms with Gasteiger partial charge in [-0.05, 0) is 37.3 Å². The molecule has 2 rings (SSSR count). The van der Waals surface area contributed by atoms with Gasteiger partial charge in [-0.1, -0.05) is 19.8 Å². The fourth-order valence-electron chi connectivity index (χ4n) is 2.64. The lowest BCUT2D eigenvalue weighted by Gasteiger charge is -2.22. The molecule has 19 heavy (non-hydrogen) atoms. The third kappa shape index (κ3) is 3.75. The number of anilines is 2. The number of nitrogens with zero attached hydrogens (tertiary/aromatic N) is 2. The summed E-state index contributed by atoms with van der Waals surface area (Å²) in [7, 11) is 2.10. The van der Waals surface area contributed by atoms with Crippen molar-refractivity contribution >= 4 is 11.5 Å². The highest BCUT2D eigenvalue weighted by molar-refractivity contribution is 5.54. The Morgan fingerprint density at radius 2 is 2.11 bits per heavy atom. The molecule has 1 fully saturated rings. The summed E-state index contributed by atoms with van der Waals surface area (Å²) >= 11 is 0. The van der Waals surface area contributed by atoms with Gasteiger partial charge in [0.2, 0.25) is 5.88 Å². The summed E-state index contributed by atoms with van der Waals surface area (Å²) in [6, 6.07) is 3.86. The number of nitrogen functional groups attached to an aromatic ring is 1. The largest absolute Gasteiger partial charge is 0.476 e. The molecule has 1 aromatic heterocycles. The molecule has 0 spiro atoms. The molecule has 0 amide bonds. The smallest absolute Gasteiger partial charge is 0.239 e. The van der Waals surface area contributed by atoms with E-state index in [9.17, 15) is 0 Å². The maximum Gasteiger partial charge on any atom is 0.239 e. The lowest BCUT2D eigenvalue weighted by molar-refractivity contribution is 0.307. The van der Waals surface area contributed by atoms with Crippen LogP contribution in [0.1, 0.15) is 39.0 Å². The zero-order chi connectivity index (χ0) is 13.7. The van der Waals surface area contributed by atoms with Gasteiger partial charge < -0.3 is 15.4 Å². The van der Waals surface area contributed by atoms with Gasteiger partial charge in [0.15, 0.2) is 0 Å². The maximum atomic E-state index is 5.89. The van der Waals surface area contributed by atoms with Crippen LogP contribution in [0, 0.1) is 5.92 Å². The van der Waals surface area contributed by atoms with Crippen molar-refractivity contribution in [2.75, 3.05) is 30.8 Å². The third-order valence-electron chi connectivity index (χ3n) is 3.72. The molecule has 0 unspecified atom stereocenters. The van der Waals surface area contributed by atoms with E-state index in [0.717, 1.165) is 24.7 Å². The molecule has 0 aromatic carbocycles. The van der Waals surface area contributed by atoms with E-state index < -0.39 is 0 Å². The number of aromatic nitrogens is 1. The predicted octanol–water partition coefficient (Wildman–Crippen LogP) is 3.08. The summed E-state index contributed by atoms with van der Waals surface area (Å²) in [6.45, 7) is 3.81. The van der Waals surface area contributed by atoms with Gasteiger partial charge >= 0.3 is 0 Å². The predicted molar refractivity (Wildman–Crippen MR) is 79.7 cm³/mol. The second-order valence-electron chi connectivity index (χ2n) is 5.44. The summed E-state index contributed by atoms with van der Waals surface area (Å²) < 4.78 is 5.58. The highest BCUT2D eigenvalue weighted by Crippen LogP contribution is 2.28. The Morgan fingerprint density at radius 1 is 1.37 bits per heavy atom. The zero-order valence-electron chi connectivity index (χ0n) is 12.1. The number of ether oxygens (including phenoxy) is 1. The summed E-state index contributed by atoms with van der Waals surface area (Å²) in [4.78, 5) is 6.75. The van der Waals surface area contributed by atoms with Crippen LogP contribution in [0.25, 0.3) is 0 Å². The van der Waals surface area contributed by atoms with Crippen LogP contribution >= 0.6 is 0 Å². The van der Waals surface area contributed by atoms with Crippen LogP contribution in [-0.2, 0) is 0 Å². The van der Waals surface area contributed by atoms with Crippen LogP contribution in [0.2, 0.25) is 0 Å². The van der Waals surface area contributed by atoms with Gasteiger partial charge in [-0.15, -0.1) is 0 Å². The lowest BCUT2D eigenvalue weighted by atomic mass is 10.1. The van der Waals surface area contributed by atoms with Crippen LogP contribution in [0.15, 0.2) is 12.1 Å². The quantitative estimate of drug-likeness (QED) is 0.857. The summed E-state index contributed by atoms with van der Waals surface area (Å²) in [5, 5.41) is 0. The van der Waals surface area contributed by atoms with E-state index >= 15 is 0 Å². The maximum absolute atomic E-state index is 5.89. The number of pyridine rings is 1. The van der Waals surface area contributed by atoms with Gasteiger partial charge in [-0.2, -0.15) is 4.98 Å². The van der Waals surface area contributed by atoms with Gasteiger partial charge in [-0.3, -0.25) is 0 Å². The molecule has 0 atom stereocenters. The van der Waals surface area contributed by atoms with Crippen molar-refractivity contribution in [2.45, 2.75) is 39.0 Å². The molecule has 4 heteroatoms. The van der Waals surface area contributed by atoms with Gasteiger partial charge in [0, 0.05) is 13.6 Å². The summed E-state index contributed by atoms with van der Waals surface area (Å²) in [5.41, 5.74) is 6.51. The fourth-order valence-corrected chi connectivity index (χ4v) is 2.64.